The van der Waals surface area contributed by atoms with E-state index < -0.39 is 0 Å². The number of rotatable bonds is 1. The summed E-state index contributed by atoms with van der Waals surface area (Å²) < 4.78 is 5.20. The number of ether oxygens (including phenoxy) is 1. The van der Waals surface area contributed by atoms with Gasteiger partial charge >= 0.3 is 0 Å². The third kappa shape index (κ3) is 1.65. The fourth-order valence-electron chi connectivity index (χ4n) is 1.27. The highest BCUT2D eigenvalue weighted by molar-refractivity contribution is 7.80. The van der Waals surface area contributed by atoms with Crippen molar-refractivity contribution in [1.82, 2.24) is 4.98 Å². The highest BCUT2D eigenvalue weighted by atomic mass is 32.1. The summed E-state index contributed by atoms with van der Waals surface area (Å²) >= 11 is 4.68. The first kappa shape index (κ1) is 8.90. The fraction of sp³-hybridized carbons (Fsp3) is 0. The van der Waals surface area contributed by atoms with Crippen molar-refractivity contribution in [2.75, 3.05) is 0 Å². The second kappa shape index (κ2) is 3.59. The molecular formula is C10H8N2OS. The lowest BCUT2D eigenvalue weighted by Crippen LogP contribution is -2.15. The Bertz CT molecular complexity index is 479. The minimum absolute atomic E-state index is 0.0151. The Hall–Kier alpha value is -1.68. The van der Waals surface area contributed by atoms with Crippen LogP contribution >= 0.6 is 12.2 Å². The maximum atomic E-state index is 5.30. The predicted octanol–water partition coefficient (Wildman–Crippen LogP) is 1.86. The summed E-state index contributed by atoms with van der Waals surface area (Å²) in [5.41, 5.74) is 6.17. The van der Waals surface area contributed by atoms with Gasteiger partial charge < -0.3 is 10.5 Å². The van der Waals surface area contributed by atoms with Gasteiger partial charge in [0.15, 0.2) is 0 Å². The van der Waals surface area contributed by atoms with Crippen LogP contribution in [-0.2, 0) is 0 Å². The summed E-state index contributed by atoms with van der Waals surface area (Å²) in [5.74, 6) is 0.642. The fourth-order valence-corrected chi connectivity index (χ4v) is 1.36. The lowest BCUT2D eigenvalue weighted by atomic mass is 10.2. The van der Waals surface area contributed by atoms with Crippen molar-refractivity contribution in [2.24, 2.45) is 5.73 Å². The quantitative estimate of drug-likeness (QED) is 0.720. The number of hydrogen-bond donors (Lipinski definition) is 1. The average Bonchev–Trinajstić information content (AvgIpc) is 2.18. The van der Waals surface area contributed by atoms with Crippen molar-refractivity contribution in [3.63, 3.8) is 0 Å². The molecule has 3 nitrogen and oxygen atoms in total. The molecule has 1 heterocycles. The number of pyridine rings is 1. The lowest BCUT2D eigenvalue weighted by Gasteiger charge is -2.05. The molecule has 1 aromatic heterocycles. The molecule has 0 spiro atoms. The highest BCUT2D eigenvalue weighted by Crippen LogP contribution is 2.23. The largest absolute Gasteiger partial charge is 0.431 e. The van der Waals surface area contributed by atoms with Crippen LogP contribution in [0.15, 0.2) is 36.5 Å². The summed E-state index contributed by atoms with van der Waals surface area (Å²) in [7, 11) is 0. The number of fused-ring (bicyclic) bond motifs is 1. The van der Waals surface area contributed by atoms with Crippen molar-refractivity contribution in [2.45, 2.75) is 0 Å². The molecule has 0 unspecified atom stereocenters. The van der Waals surface area contributed by atoms with E-state index in [4.69, 9.17) is 10.5 Å². The predicted molar refractivity (Wildman–Crippen MR) is 59.2 cm³/mol. The zero-order valence-electron chi connectivity index (χ0n) is 7.31. The summed E-state index contributed by atoms with van der Waals surface area (Å²) in [6.07, 6.45) is 1.73. The van der Waals surface area contributed by atoms with E-state index >= 15 is 0 Å². The van der Waals surface area contributed by atoms with E-state index in [2.05, 4.69) is 17.2 Å². The highest BCUT2D eigenvalue weighted by Gasteiger charge is 2.02. The monoisotopic (exact) mass is 204 g/mol. The number of aromatic nitrogens is 1. The standard InChI is InChI=1S/C10H8N2OS/c11-10(14)13-9-5-1-4-8-7(9)3-2-6-12-8/h1-6H,(H2,11,14). The van der Waals surface area contributed by atoms with Crippen molar-refractivity contribution in [1.29, 1.82) is 0 Å². The maximum absolute atomic E-state index is 5.30. The van der Waals surface area contributed by atoms with Crippen molar-refractivity contribution >= 4 is 28.3 Å². The van der Waals surface area contributed by atoms with Crippen molar-refractivity contribution in [3.8, 4) is 5.75 Å². The molecule has 1 aromatic carbocycles. The van der Waals surface area contributed by atoms with Gasteiger partial charge in [-0.3, -0.25) is 4.98 Å². The van der Waals surface area contributed by atoms with Crippen LogP contribution in [0.2, 0.25) is 0 Å². The van der Waals surface area contributed by atoms with Gasteiger partial charge in [0.05, 0.1) is 5.52 Å². The lowest BCUT2D eigenvalue weighted by molar-refractivity contribution is 0.564. The van der Waals surface area contributed by atoms with Crippen molar-refractivity contribution in [3.05, 3.63) is 36.5 Å². The Morgan fingerprint density at radius 3 is 2.93 bits per heavy atom. The van der Waals surface area contributed by atoms with Crippen LogP contribution in [0.1, 0.15) is 0 Å². The van der Waals surface area contributed by atoms with E-state index in [1.165, 1.54) is 0 Å². The minimum atomic E-state index is 0.0151. The van der Waals surface area contributed by atoms with E-state index in [0.717, 1.165) is 10.9 Å². The molecule has 0 aliphatic rings. The van der Waals surface area contributed by atoms with Crippen LogP contribution in [0.5, 0.6) is 5.75 Å². The number of thiocarbonyl (C=S) groups is 1. The van der Waals surface area contributed by atoms with Crippen molar-refractivity contribution < 1.29 is 4.74 Å². The van der Waals surface area contributed by atoms with Crippen LogP contribution in [0.4, 0.5) is 0 Å². The molecular weight excluding hydrogens is 196 g/mol. The Morgan fingerprint density at radius 2 is 2.14 bits per heavy atom. The van der Waals surface area contributed by atoms with Gasteiger partial charge in [-0.15, -0.1) is 0 Å². The summed E-state index contributed by atoms with van der Waals surface area (Å²) in [6.45, 7) is 0. The molecule has 0 saturated carbocycles. The van der Waals surface area contributed by atoms with Gasteiger partial charge in [-0.2, -0.15) is 0 Å². The molecule has 2 N–H and O–H groups in total. The minimum Gasteiger partial charge on any atom is -0.431 e. The number of nitrogens with two attached hydrogens (primary N) is 1. The van der Waals surface area contributed by atoms with Gasteiger partial charge in [0.2, 0.25) is 0 Å². The van der Waals surface area contributed by atoms with E-state index in [0.29, 0.717) is 5.75 Å². The Balaban J connectivity index is 2.59. The average molecular weight is 204 g/mol. The number of hydrogen-bond acceptors (Lipinski definition) is 3. The number of nitrogens with zero attached hydrogens (tertiary/aromatic N) is 1. The summed E-state index contributed by atoms with van der Waals surface area (Å²) in [6, 6.07) is 9.32. The second-order valence-corrected chi connectivity index (χ2v) is 3.15. The third-order valence-electron chi connectivity index (χ3n) is 1.82. The van der Waals surface area contributed by atoms with Gasteiger partial charge in [0, 0.05) is 11.6 Å². The smallest absolute Gasteiger partial charge is 0.259 e. The summed E-state index contributed by atoms with van der Waals surface area (Å²) in [4.78, 5) is 4.19. The molecule has 0 fully saturated rings. The number of benzene rings is 1. The molecule has 0 aliphatic carbocycles. The van der Waals surface area contributed by atoms with E-state index in [1.54, 1.807) is 6.20 Å². The van der Waals surface area contributed by atoms with Gasteiger partial charge in [-0.25, -0.2) is 0 Å². The van der Waals surface area contributed by atoms with Crippen LogP contribution in [0.3, 0.4) is 0 Å². The molecule has 2 rings (SSSR count). The van der Waals surface area contributed by atoms with Gasteiger partial charge in [-0.1, -0.05) is 6.07 Å². The molecule has 0 bridgehead atoms. The first-order valence-corrected chi connectivity index (χ1v) is 4.49. The maximum Gasteiger partial charge on any atom is 0.259 e. The normalized spacial score (nSPS) is 10.0. The molecule has 0 amide bonds. The molecule has 0 saturated heterocycles. The molecule has 14 heavy (non-hydrogen) atoms. The second-order valence-electron chi connectivity index (χ2n) is 2.75. The van der Waals surface area contributed by atoms with Gasteiger partial charge in [0.1, 0.15) is 5.75 Å². The van der Waals surface area contributed by atoms with Crippen LogP contribution in [0.25, 0.3) is 10.9 Å². The summed E-state index contributed by atoms with van der Waals surface area (Å²) in [5, 5.41) is 0.921. The van der Waals surface area contributed by atoms with E-state index in [1.807, 2.05) is 30.3 Å². The molecule has 0 atom stereocenters. The first-order chi connectivity index (χ1) is 6.77. The third-order valence-corrected chi connectivity index (χ3v) is 1.90. The molecule has 0 aliphatic heterocycles. The first-order valence-electron chi connectivity index (χ1n) is 4.08. The molecule has 2 aromatic rings. The molecule has 70 valence electrons. The van der Waals surface area contributed by atoms with E-state index in [9.17, 15) is 0 Å². The Labute approximate surface area is 86.5 Å². The van der Waals surface area contributed by atoms with Gasteiger partial charge in [-0.05, 0) is 36.5 Å². The molecule has 0 radical (unpaired) electrons. The SMILES string of the molecule is NC(=S)Oc1cccc2ncccc12. The van der Waals surface area contributed by atoms with Crippen LogP contribution in [-0.4, -0.2) is 10.2 Å². The topological polar surface area (TPSA) is 48.1 Å². The van der Waals surface area contributed by atoms with Crippen LogP contribution in [0, 0.1) is 0 Å². The molecule has 4 heteroatoms. The zero-order valence-corrected chi connectivity index (χ0v) is 8.12. The van der Waals surface area contributed by atoms with Crippen LogP contribution < -0.4 is 10.5 Å². The zero-order chi connectivity index (χ0) is 9.97. The Morgan fingerprint density at radius 1 is 1.29 bits per heavy atom. The Kier molecular flexibility index (Phi) is 2.28. The van der Waals surface area contributed by atoms with Gasteiger partial charge in [0.25, 0.3) is 5.17 Å². The van der Waals surface area contributed by atoms with E-state index in [-0.39, 0.29) is 5.17 Å².